The van der Waals surface area contributed by atoms with Crippen LogP contribution in [-0.2, 0) is 18.9 Å². The Hall–Kier alpha value is -1.04. The summed E-state index contributed by atoms with van der Waals surface area (Å²) in [6.45, 7) is 16.3. The molecule has 55 heavy (non-hydrogen) atoms. The molecular weight excluding hydrogens is 712 g/mol. The number of hydrogen-bond donors (Lipinski definition) is 9. The molecule has 13 nitrogen and oxygen atoms in total. The quantitative estimate of drug-likeness (QED) is 0.121. The Morgan fingerprint density at radius 2 is 1.27 bits per heavy atom. The van der Waals surface area contributed by atoms with Crippen molar-refractivity contribution < 1.29 is 64.9 Å². The minimum Gasteiger partial charge on any atom is -0.394 e. The Morgan fingerprint density at radius 3 is 1.89 bits per heavy atom. The van der Waals surface area contributed by atoms with Crippen molar-refractivity contribution in [1.82, 2.24) is 0 Å². The first kappa shape index (κ1) is 43.5. The summed E-state index contributed by atoms with van der Waals surface area (Å²) in [5.74, 6) is 0.659. The molecule has 0 amide bonds. The van der Waals surface area contributed by atoms with Crippen LogP contribution in [0.3, 0.4) is 0 Å². The van der Waals surface area contributed by atoms with Crippen LogP contribution in [0.2, 0.25) is 0 Å². The van der Waals surface area contributed by atoms with Crippen LogP contribution >= 0.6 is 0 Å². The average Bonchev–Trinajstić information content (AvgIpc) is 3.49. The summed E-state index contributed by atoms with van der Waals surface area (Å²) in [6, 6.07) is 0. The summed E-state index contributed by atoms with van der Waals surface area (Å²) in [5.41, 5.74) is 1.45. The summed E-state index contributed by atoms with van der Waals surface area (Å²) < 4.78 is 24.1. The van der Waals surface area contributed by atoms with E-state index in [1.54, 1.807) is 0 Å². The third kappa shape index (κ3) is 7.12. The number of aliphatic hydroxyl groups is 9. The molecule has 6 rings (SSSR count). The smallest absolute Gasteiger partial charge is 0.187 e. The van der Waals surface area contributed by atoms with Crippen LogP contribution in [-0.4, -0.2) is 139 Å². The maximum atomic E-state index is 12.2. The fraction of sp³-hybridized carbons (Fsp3) is 0.905. The van der Waals surface area contributed by atoms with Gasteiger partial charge in [0, 0.05) is 0 Å². The van der Waals surface area contributed by atoms with E-state index in [1.165, 1.54) is 11.1 Å². The summed E-state index contributed by atoms with van der Waals surface area (Å²) in [7, 11) is 0. The lowest BCUT2D eigenvalue weighted by Gasteiger charge is -2.71. The highest BCUT2D eigenvalue weighted by Gasteiger charge is 2.71. The topological polar surface area (TPSA) is 219 Å². The molecule has 6 aliphatic rings. The van der Waals surface area contributed by atoms with E-state index in [-0.39, 0.29) is 34.0 Å². The minimum absolute atomic E-state index is 0.0549. The van der Waals surface area contributed by atoms with E-state index in [1.807, 2.05) is 0 Å². The summed E-state index contributed by atoms with van der Waals surface area (Å²) in [4.78, 5) is 0. The minimum atomic E-state index is -1.79. The molecule has 0 aromatic carbocycles. The SMILES string of the molecule is CC(C)=CCC=C(C)[C@H]1CC[C@]2(C)C1[C@H](O)CC1[C@@]3(C)C[C@@H](O)[C@H](OC4OC(CO)[C@@H](O)[C@H](O)[C@@H]4OC4OC(CO)[C@@H](O)[C@H](O)[C@@H]4O)C(C)(C)C3CC[C@]12C. The lowest BCUT2D eigenvalue weighted by molar-refractivity contribution is -0.383. The van der Waals surface area contributed by atoms with E-state index in [4.69, 9.17) is 18.9 Å². The van der Waals surface area contributed by atoms with E-state index < -0.39 is 98.4 Å². The number of ether oxygens (including phenoxy) is 4. The van der Waals surface area contributed by atoms with Crippen molar-refractivity contribution in [3.05, 3.63) is 23.3 Å². The number of aliphatic hydroxyl groups excluding tert-OH is 9. The third-order valence-corrected chi connectivity index (χ3v) is 16.1. The zero-order valence-electron chi connectivity index (χ0n) is 34.0. The van der Waals surface area contributed by atoms with Crippen molar-refractivity contribution in [2.75, 3.05) is 13.2 Å². The van der Waals surface area contributed by atoms with Crippen molar-refractivity contribution in [3.8, 4) is 0 Å². The Labute approximate surface area is 326 Å². The van der Waals surface area contributed by atoms with Crippen LogP contribution in [0.25, 0.3) is 0 Å². The highest BCUT2D eigenvalue weighted by atomic mass is 16.8. The first-order chi connectivity index (χ1) is 25.7. The van der Waals surface area contributed by atoms with Gasteiger partial charge in [-0.1, -0.05) is 57.9 Å². The van der Waals surface area contributed by atoms with Crippen molar-refractivity contribution in [2.45, 2.75) is 180 Å². The molecule has 2 heterocycles. The van der Waals surface area contributed by atoms with E-state index in [9.17, 15) is 46.0 Å². The molecule has 0 aromatic rings. The lowest BCUT2D eigenvalue weighted by atomic mass is 9.35. The highest BCUT2D eigenvalue weighted by molar-refractivity contribution is 5.23. The van der Waals surface area contributed by atoms with Crippen molar-refractivity contribution >= 4 is 0 Å². The molecule has 4 aliphatic carbocycles. The number of rotatable bonds is 9. The number of fused-ring (bicyclic) bond motifs is 5. The summed E-state index contributed by atoms with van der Waals surface area (Å²) in [6.07, 6.45) is -7.67. The van der Waals surface area contributed by atoms with Gasteiger partial charge in [0.2, 0.25) is 0 Å². The Kier molecular flexibility index (Phi) is 12.6. The van der Waals surface area contributed by atoms with E-state index in [0.717, 1.165) is 32.1 Å². The van der Waals surface area contributed by atoms with E-state index in [0.29, 0.717) is 18.8 Å². The Balaban J connectivity index is 1.26. The number of allylic oxidation sites excluding steroid dienone is 4. The van der Waals surface area contributed by atoms with Crippen molar-refractivity contribution in [1.29, 1.82) is 0 Å². The molecule has 9 N–H and O–H groups in total. The van der Waals surface area contributed by atoms with Crippen LogP contribution in [0, 0.1) is 45.3 Å². The van der Waals surface area contributed by atoms with Crippen LogP contribution in [0.1, 0.15) is 100 Å². The van der Waals surface area contributed by atoms with E-state index in [2.05, 4.69) is 67.5 Å². The van der Waals surface area contributed by atoms with Crippen LogP contribution < -0.4 is 0 Å². The predicted octanol–water partition coefficient (Wildman–Crippen LogP) is 1.93. The van der Waals surface area contributed by atoms with E-state index >= 15 is 0 Å². The average molecular weight is 783 g/mol. The predicted molar refractivity (Wildman–Crippen MR) is 201 cm³/mol. The Morgan fingerprint density at radius 1 is 0.673 bits per heavy atom. The van der Waals surface area contributed by atoms with Crippen molar-refractivity contribution in [2.24, 2.45) is 45.3 Å². The largest absolute Gasteiger partial charge is 0.394 e. The second-order valence-corrected chi connectivity index (χ2v) is 19.6. The van der Waals surface area contributed by atoms with Gasteiger partial charge in [-0.2, -0.15) is 0 Å². The normalized spacial score (nSPS) is 52.5. The number of hydrogen-bond acceptors (Lipinski definition) is 13. The first-order valence-corrected chi connectivity index (χ1v) is 20.6. The van der Waals surface area contributed by atoms with Gasteiger partial charge in [-0.25, -0.2) is 0 Å². The standard InChI is InChI=1S/C42H70O13/c1-20(2)10-9-11-21(3)22-12-14-42(8)29(22)23(45)16-28-40(6)17-24(46)36(39(4,5)27(40)13-15-41(28,42)7)55-38-35(33(50)31(48)26(19-44)53-38)54-37-34(51)32(49)30(47)25(18-43)52-37/h10-11,22-38,43-51H,9,12-19H2,1-8H3/t22-,23-,24-,25?,26?,27?,28?,29?,30-,31-,32+,33+,34+,35+,36+,37?,38?,40+,41-,42-/m1/s1. The maximum absolute atomic E-state index is 12.2. The second-order valence-electron chi connectivity index (χ2n) is 19.6. The van der Waals surface area contributed by atoms with Gasteiger partial charge in [0.15, 0.2) is 12.6 Å². The third-order valence-electron chi connectivity index (χ3n) is 16.1. The molecule has 316 valence electrons. The maximum Gasteiger partial charge on any atom is 0.187 e. The van der Waals surface area contributed by atoms with Gasteiger partial charge in [-0.05, 0) is 111 Å². The van der Waals surface area contributed by atoms with Crippen molar-refractivity contribution in [3.63, 3.8) is 0 Å². The van der Waals surface area contributed by atoms with Gasteiger partial charge >= 0.3 is 0 Å². The Bertz CT molecular complexity index is 1420. The molecule has 0 aromatic heterocycles. The molecule has 2 saturated heterocycles. The second kappa shape index (κ2) is 15.9. The van der Waals surface area contributed by atoms with Gasteiger partial charge in [0.1, 0.15) is 48.8 Å². The van der Waals surface area contributed by atoms with Gasteiger partial charge in [-0.15, -0.1) is 0 Å². The van der Waals surface area contributed by atoms with Gasteiger partial charge < -0.3 is 64.9 Å². The van der Waals surface area contributed by atoms with Gasteiger partial charge in [0.25, 0.3) is 0 Å². The lowest BCUT2D eigenvalue weighted by Crippen LogP contribution is -2.69. The molecule has 20 atom stereocenters. The molecule has 7 unspecified atom stereocenters. The highest BCUT2D eigenvalue weighted by Crippen LogP contribution is 2.75. The monoisotopic (exact) mass is 782 g/mol. The summed E-state index contributed by atoms with van der Waals surface area (Å²) in [5, 5.41) is 97.6. The van der Waals surface area contributed by atoms with Crippen LogP contribution in [0.5, 0.6) is 0 Å². The molecule has 0 bridgehead atoms. The molecule has 4 saturated carbocycles. The van der Waals surface area contributed by atoms with Gasteiger partial charge in [0.05, 0.1) is 31.5 Å². The molecular formula is C42H70O13. The van der Waals surface area contributed by atoms with Gasteiger partial charge in [-0.3, -0.25) is 0 Å². The fourth-order valence-corrected chi connectivity index (χ4v) is 13.1. The molecule has 0 spiro atoms. The summed E-state index contributed by atoms with van der Waals surface area (Å²) >= 11 is 0. The molecule has 0 radical (unpaired) electrons. The molecule has 13 heteroatoms. The molecule has 6 fully saturated rings. The zero-order valence-corrected chi connectivity index (χ0v) is 34.0. The zero-order chi connectivity index (χ0) is 40.6. The fourth-order valence-electron chi connectivity index (χ4n) is 13.1. The van der Waals surface area contributed by atoms with Crippen LogP contribution in [0.4, 0.5) is 0 Å². The first-order valence-electron chi connectivity index (χ1n) is 20.6. The van der Waals surface area contributed by atoms with Crippen LogP contribution in [0.15, 0.2) is 23.3 Å². The molecule has 2 aliphatic heterocycles.